The summed E-state index contributed by atoms with van der Waals surface area (Å²) in [5.74, 6) is -0.563. The van der Waals surface area contributed by atoms with Crippen molar-refractivity contribution in [1.82, 2.24) is 4.57 Å². The first kappa shape index (κ1) is 19.7. The minimum atomic E-state index is -0.383. The van der Waals surface area contributed by atoms with Crippen LogP contribution in [0.4, 0.5) is 11.4 Å². The highest BCUT2D eigenvalue weighted by Crippen LogP contribution is 2.32. The number of carbonyl (C=O) groups excluding carboxylic acids is 2. The van der Waals surface area contributed by atoms with Crippen LogP contribution in [0.25, 0.3) is 5.69 Å². The highest BCUT2D eigenvalue weighted by Gasteiger charge is 2.31. The summed E-state index contributed by atoms with van der Waals surface area (Å²) in [4.78, 5) is 26.5. The lowest BCUT2D eigenvalue weighted by atomic mass is 10.1. The number of ether oxygens (including phenoxy) is 2. The van der Waals surface area contributed by atoms with Crippen LogP contribution < -0.4 is 10.2 Å². The molecule has 4 rings (SSSR count). The molecule has 7 nitrogen and oxygen atoms in total. The normalized spacial score (nSPS) is 13.6. The maximum Gasteiger partial charge on any atom is 0.340 e. The number of anilines is 2. The van der Waals surface area contributed by atoms with Gasteiger partial charge in [0.25, 0.3) is 0 Å². The molecule has 0 bridgehead atoms. The van der Waals surface area contributed by atoms with Crippen LogP contribution >= 0.6 is 0 Å². The molecule has 0 aliphatic carbocycles. The van der Waals surface area contributed by atoms with E-state index in [0.717, 1.165) is 17.1 Å². The van der Waals surface area contributed by atoms with Crippen molar-refractivity contribution in [3.05, 3.63) is 78.6 Å². The van der Waals surface area contributed by atoms with Gasteiger partial charge in [0.05, 0.1) is 30.2 Å². The Morgan fingerprint density at radius 3 is 2.43 bits per heavy atom. The number of para-hydroxylation sites is 2. The van der Waals surface area contributed by atoms with Crippen molar-refractivity contribution in [3.63, 3.8) is 0 Å². The van der Waals surface area contributed by atoms with Crippen LogP contribution in [-0.2, 0) is 14.3 Å². The Labute approximate surface area is 174 Å². The summed E-state index contributed by atoms with van der Waals surface area (Å²) < 4.78 is 12.6. The van der Waals surface area contributed by atoms with Gasteiger partial charge in [-0.3, -0.25) is 4.79 Å². The fraction of sp³-hybridized carbons (Fsp3) is 0.217. The first-order valence-electron chi connectivity index (χ1n) is 9.72. The molecule has 1 aliphatic heterocycles. The summed E-state index contributed by atoms with van der Waals surface area (Å²) in [5, 5.41) is 2.81. The molecule has 1 amide bonds. The molecule has 0 atom stereocenters. The van der Waals surface area contributed by atoms with E-state index in [0.29, 0.717) is 18.7 Å². The van der Waals surface area contributed by atoms with Crippen LogP contribution in [0.15, 0.2) is 73.1 Å². The average molecular weight is 405 g/mol. The van der Waals surface area contributed by atoms with Crippen molar-refractivity contribution in [2.75, 3.05) is 37.0 Å². The van der Waals surface area contributed by atoms with Crippen molar-refractivity contribution in [1.29, 1.82) is 0 Å². The van der Waals surface area contributed by atoms with E-state index in [1.807, 2.05) is 71.6 Å². The van der Waals surface area contributed by atoms with Crippen molar-refractivity contribution in [3.8, 4) is 5.69 Å². The average Bonchev–Trinajstić information content (AvgIpc) is 3.27. The number of methoxy groups -OCH3 is 1. The monoisotopic (exact) mass is 405 g/mol. The molecule has 1 aromatic heterocycles. The minimum Gasteiger partial charge on any atom is -0.465 e. The first-order valence-corrected chi connectivity index (χ1v) is 9.72. The molecule has 0 unspecified atom stereocenters. The largest absolute Gasteiger partial charge is 0.465 e. The topological polar surface area (TPSA) is 72.8 Å². The van der Waals surface area contributed by atoms with Crippen molar-refractivity contribution >= 4 is 23.3 Å². The van der Waals surface area contributed by atoms with Crippen LogP contribution in [0, 0.1) is 0 Å². The second-order valence-corrected chi connectivity index (χ2v) is 7.01. The zero-order chi connectivity index (χ0) is 20.9. The third kappa shape index (κ3) is 4.21. The van der Waals surface area contributed by atoms with Crippen molar-refractivity contribution < 1.29 is 19.1 Å². The minimum absolute atomic E-state index is 0.0000585. The van der Waals surface area contributed by atoms with Gasteiger partial charge in [0, 0.05) is 31.2 Å². The lowest BCUT2D eigenvalue weighted by Gasteiger charge is -2.41. The van der Waals surface area contributed by atoms with Crippen LogP contribution in [0.2, 0.25) is 0 Å². The highest BCUT2D eigenvalue weighted by molar-refractivity contribution is 5.96. The Balaban J connectivity index is 1.40. The Hall–Kier alpha value is -3.58. The Morgan fingerprint density at radius 2 is 1.73 bits per heavy atom. The summed E-state index contributed by atoms with van der Waals surface area (Å²) in [6.45, 7) is 1.27. The third-order valence-electron chi connectivity index (χ3n) is 4.98. The lowest BCUT2D eigenvalue weighted by molar-refractivity contribution is -0.123. The molecular weight excluding hydrogens is 382 g/mol. The smallest absolute Gasteiger partial charge is 0.340 e. The number of rotatable bonds is 7. The predicted octanol–water partition coefficient (Wildman–Crippen LogP) is 3.11. The third-order valence-corrected chi connectivity index (χ3v) is 4.98. The van der Waals surface area contributed by atoms with Gasteiger partial charge in [-0.15, -0.1) is 0 Å². The van der Waals surface area contributed by atoms with Gasteiger partial charge < -0.3 is 24.3 Å². The SMILES string of the molecule is COC(=O)c1cccc(N2CC(OCC(=O)Nc3ccccc3)C2)c1-n1cccc1. The second-order valence-electron chi connectivity index (χ2n) is 7.01. The number of nitrogens with one attached hydrogen (secondary N) is 1. The maximum absolute atomic E-state index is 12.3. The molecule has 30 heavy (non-hydrogen) atoms. The van der Waals surface area contributed by atoms with Gasteiger partial charge in [-0.05, 0) is 36.4 Å². The van der Waals surface area contributed by atoms with E-state index in [1.165, 1.54) is 7.11 Å². The molecule has 1 saturated heterocycles. The molecule has 1 N–H and O–H groups in total. The molecule has 0 spiro atoms. The molecule has 154 valence electrons. The van der Waals surface area contributed by atoms with E-state index in [9.17, 15) is 9.59 Å². The highest BCUT2D eigenvalue weighted by atomic mass is 16.5. The Bertz CT molecular complexity index is 1010. The number of esters is 1. The molecule has 2 aromatic carbocycles. The number of aromatic nitrogens is 1. The van der Waals surface area contributed by atoms with Gasteiger partial charge in [0.1, 0.15) is 6.61 Å². The molecule has 2 heterocycles. The predicted molar refractivity (Wildman–Crippen MR) is 114 cm³/mol. The summed E-state index contributed by atoms with van der Waals surface area (Å²) in [6.07, 6.45) is 3.74. The van der Waals surface area contributed by atoms with E-state index in [2.05, 4.69) is 10.2 Å². The fourth-order valence-electron chi connectivity index (χ4n) is 3.47. The van der Waals surface area contributed by atoms with Gasteiger partial charge in [-0.1, -0.05) is 24.3 Å². The fourth-order valence-corrected chi connectivity index (χ4v) is 3.47. The van der Waals surface area contributed by atoms with E-state index in [4.69, 9.17) is 9.47 Å². The number of benzene rings is 2. The molecule has 1 fully saturated rings. The number of hydrogen-bond donors (Lipinski definition) is 1. The Morgan fingerprint density at radius 1 is 1.00 bits per heavy atom. The lowest BCUT2D eigenvalue weighted by Crippen LogP contribution is -2.53. The van der Waals surface area contributed by atoms with E-state index in [1.54, 1.807) is 6.07 Å². The van der Waals surface area contributed by atoms with Crippen LogP contribution in [0.5, 0.6) is 0 Å². The van der Waals surface area contributed by atoms with Gasteiger partial charge >= 0.3 is 5.97 Å². The maximum atomic E-state index is 12.3. The molecule has 7 heteroatoms. The molecule has 0 saturated carbocycles. The van der Waals surface area contributed by atoms with Gasteiger partial charge in [0.15, 0.2) is 0 Å². The van der Waals surface area contributed by atoms with Crippen LogP contribution in [0.1, 0.15) is 10.4 Å². The van der Waals surface area contributed by atoms with Crippen molar-refractivity contribution in [2.24, 2.45) is 0 Å². The number of amides is 1. The van der Waals surface area contributed by atoms with Gasteiger partial charge in [0.2, 0.25) is 5.91 Å². The standard InChI is InChI=1S/C23H23N3O4/c1-29-23(28)19-10-7-11-20(22(19)25-12-5-6-13-25)26-14-18(15-26)30-16-21(27)24-17-8-3-2-4-9-17/h2-13,18H,14-16H2,1H3,(H,24,27). The molecule has 1 aliphatic rings. The zero-order valence-electron chi connectivity index (χ0n) is 16.7. The summed E-state index contributed by atoms with van der Waals surface area (Å²) in [5.41, 5.74) is 2.94. The van der Waals surface area contributed by atoms with E-state index in [-0.39, 0.29) is 24.6 Å². The number of hydrogen-bond acceptors (Lipinski definition) is 5. The van der Waals surface area contributed by atoms with Gasteiger partial charge in [-0.2, -0.15) is 0 Å². The van der Waals surface area contributed by atoms with Crippen LogP contribution in [-0.4, -0.2) is 49.4 Å². The Kier molecular flexibility index (Phi) is 5.81. The summed E-state index contributed by atoms with van der Waals surface area (Å²) >= 11 is 0. The number of carbonyl (C=O) groups is 2. The zero-order valence-corrected chi connectivity index (χ0v) is 16.7. The second kappa shape index (κ2) is 8.84. The first-order chi connectivity index (χ1) is 14.7. The van der Waals surface area contributed by atoms with Gasteiger partial charge in [-0.25, -0.2) is 4.79 Å². The van der Waals surface area contributed by atoms with E-state index >= 15 is 0 Å². The summed E-state index contributed by atoms with van der Waals surface area (Å²) in [6, 6.07) is 18.7. The molecular formula is C23H23N3O4. The van der Waals surface area contributed by atoms with E-state index < -0.39 is 0 Å². The van der Waals surface area contributed by atoms with Crippen LogP contribution in [0.3, 0.4) is 0 Å². The number of nitrogens with zero attached hydrogens (tertiary/aromatic N) is 2. The van der Waals surface area contributed by atoms with Crippen molar-refractivity contribution in [2.45, 2.75) is 6.10 Å². The molecule has 3 aromatic rings. The summed E-state index contributed by atoms with van der Waals surface area (Å²) in [7, 11) is 1.38. The quantitative estimate of drug-likeness (QED) is 0.612. The molecule has 0 radical (unpaired) electrons.